The third kappa shape index (κ3) is 2.94. The quantitative estimate of drug-likeness (QED) is 0.654. The predicted octanol–water partition coefficient (Wildman–Crippen LogP) is 2.92. The van der Waals surface area contributed by atoms with E-state index in [0.717, 1.165) is 0 Å². The van der Waals surface area contributed by atoms with Gasteiger partial charge in [0.15, 0.2) is 23.3 Å². The van der Waals surface area contributed by atoms with E-state index < -0.39 is 64.4 Å². The molecule has 1 amide bonds. The summed E-state index contributed by atoms with van der Waals surface area (Å²) >= 11 is 0. The first-order valence-corrected chi connectivity index (χ1v) is 5.93. The first kappa shape index (κ1) is 17.0. The normalized spacial score (nSPS) is 20.3. The fourth-order valence-corrected chi connectivity index (χ4v) is 1.96. The van der Waals surface area contributed by atoms with Gasteiger partial charge in [-0.2, -0.15) is 13.2 Å². The van der Waals surface area contributed by atoms with Crippen molar-refractivity contribution in [3.8, 4) is 0 Å². The minimum Gasteiger partial charge on any atom is -0.481 e. The van der Waals surface area contributed by atoms with E-state index in [2.05, 4.69) is 0 Å². The van der Waals surface area contributed by atoms with E-state index in [9.17, 15) is 40.3 Å². The Balaban J connectivity index is 2.38. The average Bonchev–Trinajstić information content (AvgIpc) is 3.20. The lowest BCUT2D eigenvalue weighted by Crippen LogP contribution is -2.22. The van der Waals surface area contributed by atoms with Crippen molar-refractivity contribution in [2.75, 3.05) is 5.32 Å². The molecule has 23 heavy (non-hydrogen) atoms. The molecule has 0 heterocycles. The SMILES string of the molecule is O=C(O)C1CC1C(=O)Nc1c(F)c(F)c(C(F)(F)F)c(F)c1F. The van der Waals surface area contributed by atoms with Crippen LogP contribution in [0, 0.1) is 35.1 Å². The van der Waals surface area contributed by atoms with Crippen LogP contribution >= 0.6 is 0 Å². The first-order valence-electron chi connectivity index (χ1n) is 5.93. The molecular weight excluding hydrogens is 339 g/mol. The number of nitrogens with one attached hydrogen (secondary N) is 1. The minimum atomic E-state index is -5.69. The number of carboxylic acids is 1. The number of hydrogen-bond acceptors (Lipinski definition) is 2. The molecule has 0 saturated heterocycles. The lowest BCUT2D eigenvalue weighted by molar-refractivity contribution is -0.143. The van der Waals surface area contributed by atoms with Gasteiger partial charge in [0.25, 0.3) is 0 Å². The van der Waals surface area contributed by atoms with Crippen LogP contribution in [0.15, 0.2) is 0 Å². The van der Waals surface area contributed by atoms with Crippen molar-refractivity contribution in [2.45, 2.75) is 12.6 Å². The van der Waals surface area contributed by atoms with E-state index >= 15 is 0 Å². The van der Waals surface area contributed by atoms with E-state index in [1.807, 2.05) is 0 Å². The Hall–Kier alpha value is -2.33. The lowest BCUT2D eigenvalue weighted by Gasteiger charge is -2.14. The van der Waals surface area contributed by atoms with Gasteiger partial charge in [-0.3, -0.25) is 9.59 Å². The number of halogens is 7. The van der Waals surface area contributed by atoms with E-state index in [1.165, 1.54) is 5.32 Å². The average molecular weight is 345 g/mol. The van der Waals surface area contributed by atoms with Gasteiger partial charge in [-0.25, -0.2) is 17.6 Å². The van der Waals surface area contributed by atoms with Crippen LogP contribution in [-0.2, 0) is 15.8 Å². The Labute approximate surface area is 122 Å². The van der Waals surface area contributed by atoms with Gasteiger partial charge in [0.1, 0.15) is 11.3 Å². The van der Waals surface area contributed by atoms with Gasteiger partial charge in [0.2, 0.25) is 5.91 Å². The lowest BCUT2D eigenvalue weighted by atomic mass is 10.1. The van der Waals surface area contributed by atoms with Crippen LogP contribution in [0.1, 0.15) is 12.0 Å². The summed E-state index contributed by atoms with van der Waals surface area (Å²) in [4.78, 5) is 22.1. The molecule has 2 N–H and O–H groups in total. The fraction of sp³-hybridized carbons (Fsp3) is 0.333. The Kier molecular flexibility index (Phi) is 3.99. The Bertz CT molecular complexity index is 672. The zero-order valence-corrected chi connectivity index (χ0v) is 10.8. The van der Waals surface area contributed by atoms with E-state index in [4.69, 9.17) is 5.11 Å². The molecule has 0 radical (unpaired) electrons. The molecular formula is C12H6F7NO3. The molecule has 11 heteroatoms. The molecule has 0 aromatic heterocycles. The first-order chi connectivity index (χ1) is 10.5. The second-order valence-corrected chi connectivity index (χ2v) is 4.78. The van der Waals surface area contributed by atoms with Crippen LogP contribution in [0.2, 0.25) is 0 Å². The Morgan fingerprint density at radius 1 is 0.957 bits per heavy atom. The van der Waals surface area contributed by atoms with Crippen molar-refractivity contribution in [1.29, 1.82) is 0 Å². The number of alkyl halides is 3. The summed E-state index contributed by atoms with van der Waals surface area (Å²) in [6, 6.07) is 0. The summed E-state index contributed by atoms with van der Waals surface area (Å²) in [5, 5.41) is 9.97. The zero-order valence-electron chi connectivity index (χ0n) is 10.8. The van der Waals surface area contributed by atoms with Crippen LogP contribution in [0.3, 0.4) is 0 Å². The van der Waals surface area contributed by atoms with Crippen molar-refractivity contribution in [3.63, 3.8) is 0 Å². The number of carbonyl (C=O) groups is 2. The van der Waals surface area contributed by atoms with Gasteiger partial charge >= 0.3 is 12.1 Å². The highest BCUT2D eigenvalue weighted by atomic mass is 19.4. The van der Waals surface area contributed by atoms with Gasteiger partial charge in [-0.15, -0.1) is 0 Å². The molecule has 0 bridgehead atoms. The Morgan fingerprint density at radius 2 is 1.43 bits per heavy atom. The summed E-state index contributed by atoms with van der Waals surface area (Å²) in [5.41, 5.74) is -4.51. The summed E-state index contributed by atoms with van der Waals surface area (Å²) in [6.07, 6.45) is -5.86. The smallest absolute Gasteiger partial charge is 0.422 e. The largest absolute Gasteiger partial charge is 0.481 e. The number of carbonyl (C=O) groups excluding carboxylic acids is 1. The number of aliphatic carboxylic acids is 1. The molecule has 1 aromatic carbocycles. The van der Waals surface area contributed by atoms with Gasteiger partial charge in [-0.1, -0.05) is 0 Å². The highest BCUT2D eigenvalue weighted by Crippen LogP contribution is 2.41. The number of anilines is 1. The van der Waals surface area contributed by atoms with Gasteiger partial charge in [-0.05, 0) is 6.42 Å². The van der Waals surface area contributed by atoms with Crippen LogP contribution in [0.5, 0.6) is 0 Å². The number of rotatable bonds is 3. The highest BCUT2D eigenvalue weighted by Gasteiger charge is 2.49. The van der Waals surface area contributed by atoms with Gasteiger partial charge < -0.3 is 10.4 Å². The van der Waals surface area contributed by atoms with Crippen molar-refractivity contribution >= 4 is 17.6 Å². The molecule has 126 valence electrons. The summed E-state index contributed by atoms with van der Waals surface area (Å²) < 4.78 is 90.8. The zero-order chi connectivity index (χ0) is 17.7. The van der Waals surface area contributed by atoms with E-state index in [-0.39, 0.29) is 6.42 Å². The van der Waals surface area contributed by atoms with Crippen molar-refractivity contribution < 1.29 is 45.4 Å². The molecule has 1 aliphatic rings. The van der Waals surface area contributed by atoms with Gasteiger partial charge in [0, 0.05) is 0 Å². The molecule has 1 saturated carbocycles. The third-order valence-corrected chi connectivity index (χ3v) is 3.24. The molecule has 1 fully saturated rings. The van der Waals surface area contributed by atoms with Crippen LogP contribution in [0.25, 0.3) is 0 Å². The fourth-order valence-electron chi connectivity index (χ4n) is 1.96. The second-order valence-electron chi connectivity index (χ2n) is 4.78. The maximum atomic E-state index is 13.5. The minimum absolute atomic E-state index is 0.171. The number of amides is 1. The second kappa shape index (κ2) is 5.39. The van der Waals surface area contributed by atoms with Gasteiger partial charge in [0.05, 0.1) is 11.8 Å². The van der Waals surface area contributed by atoms with Crippen molar-refractivity contribution in [2.24, 2.45) is 11.8 Å². The van der Waals surface area contributed by atoms with Crippen molar-refractivity contribution in [1.82, 2.24) is 0 Å². The molecule has 2 atom stereocenters. The number of hydrogen-bond donors (Lipinski definition) is 2. The predicted molar refractivity (Wildman–Crippen MR) is 59.1 cm³/mol. The topological polar surface area (TPSA) is 66.4 Å². The molecule has 1 aromatic rings. The standard InChI is InChI=1S/C12H6F7NO3/c13-5-4(12(17,18)19)6(14)8(16)9(7(5)15)20-10(21)2-1-3(2)11(22)23/h2-3H,1H2,(H,20,21)(H,22,23). The number of carboxylic acid groups (broad SMARTS) is 1. The number of benzene rings is 1. The summed E-state index contributed by atoms with van der Waals surface area (Å²) in [6.45, 7) is 0. The third-order valence-electron chi connectivity index (χ3n) is 3.24. The Morgan fingerprint density at radius 3 is 1.78 bits per heavy atom. The molecule has 0 aliphatic heterocycles. The monoisotopic (exact) mass is 345 g/mol. The molecule has 2 rings (SSSR count). The van der Waals surface area contributed by atoms with E-state index in [0.29, 0.717) is 0 Å². The molecule has 0 spiro atoms. The van der Waals surface area contributed by atoms with Crippen LogP contribution in [0.4, 0.5) is 36.4 Å². The maximum Gasteiger partial charge on any atom is 0.422 e. The molecule has 4 nitrogen and oxygen atoms in total. The van der Waals surface area contributed by atoms with Crippen molar-refractivity contribution in [3.05, 3.63) is 28.8 Å². The van der Waals surface area contributed by atoms with Crippen LogP contribution < -0.4 is 5.32 Å². The highest BCUT2D eigenvalue weighted by molar-refractivity contribution is 5.98. The summed E-state index contributed by atoms with van der Waals surface area (Å²) in [5.74, 6) is -15.3. The maximum absolute atomic E-state index is 13.5. The van der Waals surface area contributed by atoms with E-state index in [1.54, 1.807) is 0 Å². The summed E-state index contributed by atoms with van der Waals surface area (Å²) in [7, 11) is 0. The molecule has 1 aliphatic carbocycles. The van der Waals surface area contributed by atoms with Crippen LogP contribution in [-0.4, -0.2) is 17.0 Å². The molecule has 2 unspecified atom stereocenters.